The van der Waals surface area contributed by atoms with Crippen molar-refractivity contribution in [3.8, 4) is 0 Å². The Balaban J connectivity index is 2.06. The SMILES string of the molecule is CCN(CCO)c1ccc(N=Nc2ncc([N+](=O)[O-])s2)cc1. The molecule has 1 N–H and O–H groups in total. The van der Waals surface area contributed by atoms with E-state index in [2.05, 4.69) is 15.2 Å². The first kappa shape index (κ1) is 16.0. The van der Waals surface area contributed by atoms with E-state index < -0.39 is 4.92 Å². The Bertz CT molecular complexity index is 656. The molecule has 0 atom stereocenters. The Morgan fingerprint density at radius 1 is 1.36 bits per heavy atom. The summed E-state index contributed by atoms with van der Waals surface area (Å²) in [5, 5.41) is 27.6. The fraction of sp³-hybridized carbons (Fsp3) is 0.308. The molecule has 9 heteroatoms. The predicted octanol–water partition coefficient (Wildman–Crippen LogP) is 3.29. The van der Waals surface area contributed by atoms with E-state index >= 15 is 0 Å². The molecular weight excluding hydrogens is 306 g/mol. The number of hydrogen-bond donors (Lipinski definition) is 1. The molecule has 0 aliphatic heterocycles. The number of aromatic nitrogens is 1. The van der Waals surface area contributed by atoms with Gasteiger partial charge in [0.25, 0.3) is 0 Å². The van der Waals surface area contributed by atoms with E-state index in [0.29, 0.717) is 12.2 Å². The summed E-state index contributed by atoms with van der Waals surface area (Å²) in [7, 11) is 0. The van der Waals surface area contributed by atoms with Gasteiger partial charge in [-0.25, -0.2) is 4.98 Å². The van der Waals surface area contributed by atoms with Gasteiger partial charge >= 0.3 is 5.00 Å². The van der Waals surface area contributed by atoms with Crippen LogP contribution < -0.4 is 4.90 Å². The highest BCUT2D eigenvalue weighted by Gasteiger charge is 2.10. The van der Waals surface area contributed by atoms with Crippen molar-refractivity contribution in [2.45, 2.75) is 6.92 Å². The lowest BCUT2D eigenvalue weighted by Gasteiger charge is -2.21. The van der Waals surface area contributed by atoms with Crippen LogP contribution in [0.2, 0.25) is 0 Å². The molecule has 0 spiro atoms. The summed E-state index contributed by atoms with van der Waals surface area (Å²) in [5.41, 5.74) is 1.61. The standard InChI is InChI=1S/C13H15N5O3S/c1-2-17(7-8-19)11-5-3-10(4-6-11)15-16-13-14-9-12(22-13)18(20)21/h3-6,9,19H,2,7-8H2,1H3. The maximum atomic E-state index is 10.6. The first-order valence-electron chi connectivity index (χ1n) is 6.62. The van der Waals surface area contributed by atoms with Gasteiger partial charge in [-0.15, -0.1) is 10.2 Å². The van der Waals surface area contributed by atoms with Crippen LogP contribution in [0.25, 0.3) is 0 Å². The van der Waals surface area contributed by atoms with E-state index in [4.69, 9.17) is 5.11 Å². The van der Waals surface area contributed by atoms with Crippen LogP contribution in [-0.4, -0.2) is 34.7 Å². The first-order chi connectivity index (χ1) is 10.6. The van der Waals surface area contributed by atoms with Gasteiger partial charge in [0.15, 0.2) is 0 Å². The smallest absolute Gasteiger partial charge is 0.345 e. The van der Waals surface area contributed by atoms with Crippen molar-refractivity contribution < 1.29 is 10.0 Å². The monoisotopic (exact) mass is 321 g/mol. The lowest BCUT2D eigenvalue weighted by atomic mass is 10.2. The Hall–Kier alpha value is -2.39. The third-order valence-corrected chi connectivity index (χ3v) is 3.71. The minimum Gasteiger partial charge on any atom is -0.395 e. The molecule has 1 aromatic heterocycles. The average Bonchev–Trinajstić information content (AvgIpc) is 3.00. The number of thiazole rings is 1. The molecule has 22 heavy (non-hydrogen) atoms. The van der Waals surface area contributed by atoms with Crippen molar-refractivity contribution in [1.82, 2.24) is 4.98 Å². The first-order valence-corrected chi connectivity index (χ1v) is 7.43. The maximum Gasteiger partial charge on any atom is 0.345 e. The van der Waals surface area contributed by atoms with Gasteiger partial charge in [-0.05, 0) is 42.5 Å². The molecule has 8 nitrogen and oxygen atoms in total. The topological polar surface area (TPSA) is 104 Å². The van der Waals surface area contributed by atoms with Gasteiger partial charge in [0, 0.05) is 18.8 Å². The van der Waals surface area contributed by atoms with Crippen molar-refractivity contribution in [3.05, 3.63) is 40.6 Å². The van der Waals surface area contributed by atoms with E-state index in [0.717, 1.165) is 29.8 Å². The second kappa shape index (κ2) is 7.57. The minimum atomic E-state index is -0.508. The molecule has 0 aliphatic rings. The summed E-state index contributed by atoms with van der Waals surface area (Å²) in [5.74, 6) is 0. The molecule has 1 heterocycles. The number of nitrogens with zero attached hydrogens (tertiary/aromatic N) is 5. The van der Waals surface area contributed by atoms with Crippen LogP contribution in [0.3, 0.4) is 0 Å². The van der Waals surface area contributed by atoms with Crippen LogP contribution in [0.5, 0.6) is 0 Å². The van der Waals surface area contributed by atoms with Crippen LogP contribution in [0.4, 0.5) is 21.5 Å². The summed E-state index contributed by atoms with van der Waals surface area (Å²) >= 11 is 0.872. The molecule has 0 bridgehead atoms. The number of anilines is 1. The quantitative estimate of drug-likeness (QED) is 0.478. The summed E-state index contributed by atoms with van der Waals surface area (Å²) in [4.78, 5) is 15.9. The molecule has 0 unspecified atom stereocenters. The Morgan fingerprint density at radius 2 is 2.09 bits per heavy atom. The van der Waals surface area contributed by atoms with Gasteiger partial charge in [0.05, 0.1) is 17.2 Å². The Labute approximate surface area is 130 Å². The number of aliphatic hydroxyl groups excluding tert-OH is 1. The highest BCUT2D eigenvalue weighted by molar-refractivity contribution is 7.18. The average molecular weight is 321 g/mol. The van der Waals surface area contributed by atoms with Gasteiger partial charge in [0.1, 0.15) is 6.20 Å². The van der Waals surface area contributed by atoms with Crippen LogP contribution >= 0.6 is 11.3 Å². The third kappa shape index (κ3) is 4.06. The van der Waals surface area contributed by atoms with Gasteiger partial charge in [0.2, 0.25) is 5.13 Å². The fourth-order valence-electron chi connectivity index (χ4n) is 1.81. The number of benzene rings is 1. The highest BCUT2D eigenvalue weighted by atomic mass is 32.1. The summed E-state index contributed by atoms with van der Waals surface area (Å²) < 4.78 is 0. The molecule has 0 radical (unpaired) electrons. The molecule has 1 aromatic carbocycles. The van der Waals surface area contributed by atoms with E-state index in [1.807, 2.05) is 24.0 Å². The van der Waals surface area contributed by atoms with Crippen LogP contribution in [0.1, 0.15) is 6.92 Å². The molecule has 0 amide bonds. The summed E-state index contributed by atoms with van der Waals surface area (Å²) in [6, 6.07) is 7.36. The molecule has 0 saturated heterocycles. The van der Waals surface area contributed by atoms with Gasteiger partial charge in [-0.3, -0.25) is 10.1 Å². The molecule has 0 saturated carbocycles. The zero-order valence-electron chi connectivity index (χ0n) is 11.9. The van der Waals surface area contributed by atoms with Crippen LogP contribution in [0.15, 0.2) is 40.7 Å². The highest BCUT2D eigenvalue weighted by Crippen LogP contribution is 2.29. The molecule has 116 valence electrons. The zero-order chi connectivity index (χ0) is 15.9. The summed E-state index contributed by atoms with van der Waals surface area (Å²) in [6.07, 6.45) is 1.16. The second-order valence-corrected chi connectivity index (χ2v) is 5.25. The molecular formula is C13H15N5O3S. The van der Waals surface area contributed by atoms with Gasteiger partial charge in [-0.1, -0.05) is 0 Å². The van der Waals surface area contributed by atoms with Crippen molar-refractivity contribution in [2.75, 3.05) is 24.6 Å². The number of nitro groups is 1. The zero-order valence-corrected chi connectivity index (χ0v) is 12.7. The van der Waals surface area contributed by atoms with Crippen molar-refractivity contribution in [2.24, 2.45) is 10.2 Å². The number of rotatable bonds is 7. The van der Waals surface area contributed by atoms with E-state index in [9.17, 15) is 10.1 Å². The number of likely N-dealkylation sites (N-methyl/N-ethyl adjacent to an activating group) is 1. The lowest BCUT2D eigenvalue weighted by molar-refractivity contribution is -0.380. The van der Waals surface area contributed by atoms with Crippen LogP contribution in [-0.2, 0) is 0 Å². The van der Waals surface area contributed by atoms with Crippen molar-refractivity contribution >= 4 is 32.8 Å². The molecule has 0 fully saturated rings. The van der Waals surface area contributed by atoms with E-state index in [1.165, 1.54) is 0 Å². The molecule has 2 rings (SSSR count). The number of hydrogen-bond acceptors (Lipinski definition) is 8. The largest absolute Gasteiger partial charge is 0.395 e. The van der Waals surface area contributed by atoms with Crippen molar-refractivity contribution in [1.29, 1.82) is 0 Å². The molecule has 2 aromatic rings. The molecule has 0 aliphatic carbocycles. The van der Waals surface area contributed by atoms with E-state index in [-0.39, 0.29) is 16.7 Å². The third-order valence-electron chi connectivity index (χ3n) is 2.88. The number of azo groups is 1. The normalized spacial score (nSPS) is 11.0. The Kier molecular flexibility index (Phi) is 5.50. The van der Waals surface area contributed by atoms with E-state index in [1.54, 1.807) is 12.1 Å². The second-order valence-electron chi connectivity index (χ2n) is 4.26. The minimum absolute atomic E-state index is 0.0631. The number of aliphatic hydroxyl groups is 1. The Morgan fingerprint density at radius 3 is 2.64 bits per heavy atom. The van der Waals surface area contributed by atoms with Gasteiger partial charge in [-0.2, -0.15) is 0 Å². The summed E-state index contributed by atoms with van der Waals surface area (Å²) in [6.45, 7) is 3.47. The van der Waals surface area contributed by atoms with Crippen LogP contribution in [0, 0.1) is 10.1 Å². The lowest BCUT2D eigenvalue weighted by Crippen LogP contribution is -2.25. The van der Waals surface area contributed by atoms with Crippen molar-refractivity contribution in [3.63, 3.8) is 0 Å². The predicted molar refractivity (Wildman–Crippen MR) is 84.4 cm³/mol. The van der Waals surface area contributed by atoms with Gasteiger partial charge < -0.3 is 10.0 Å². The fourth-order valence-corrected chi connectivity index (χ4v) is 2.36. The maximum absolute atomic E-state index is 10.6.